The summed E-state index contributed by atoms with van der Waals surface area (Å²) in [5.41, 5.74) is 2.47. The van der Waals surface area contributed by atoms with E-state index in [0.29, 0.717) is 23.7 Å². The number of amides is 1. The first-order valence-corrected chi connectivity index (χ1v) is 10.0. The second-order valence-electron chi connectivity index (χ2n) is 6.35. The van der Waals surface area contributed by atoms with Gasteiger partial charge >= 0.3 is 0 Å². The van der Waals surface area contributed by atoms with Gasteiger partial charge in [0.25, 0.3) is 0 Å². The molecule has 28 heavy (non-hydrogen) atoms. The molecule has 3 aromatic rings. The standard InChI is InChI=1S/C23H18N2O2S/c24-14-7-15-28-21-13-6-3-10-18(21)25-23(26)22-16-8-1-4-11-19(16)27-20-12-5-2-9-17(20)22/h1-6,8-13,22H,7,15H2,(H,25,26). The Bertz CT molecular complexity index is 1010. The van der Waals surface area contributed by atoms with Crippen molar-refractivity contribution in [3.63, 3.8) is 0 Å². The second-order valence-corrected chi connectivity index (χ2v) is 7.49. The van der Waals surface area contributed by atoms with Crippen LogP contribution in [0.2, 0.25) is 0 Å². The lowest BCUT2D eigenvalue weighted by molar-refractivity contribution is -0.116. The number of ether oxygens (including phenoxy) is 1. The number of rotatable bonds is 5. The summed E-state index contributed by atoms with van der Waals surface area (Å²) in [4.78, 5) is 14.3. The van der Waals surface area contributed by atoms with E-state index in [9.17, 15) is 4.79 Å². The smallest absolute Gasteiger partial charge is 0.236 e. The molecule has 0 bridgehead atoms. The van der Waals surface area contributed by atoms with Gasteiger partial charge in [-0.05, 0) is 24.3 Å². The molecule has 0 unspecified atom stereocenters. The van der Waals surface area contributed by atoms with E-state index < -0.39 is 5.92 Å². The molecule has 0 aliphatic carbocycles. The van der Waals surface area contributed by atoms with Crippen molar-refractivity contribution >= 4 is 23.4 Å². The molecular formula is C23H18N2O2S. The maximum Gasteiger partial charge on any atom is 0.236 e. The lowest BCUT2D eigenvalue weighted by Crippen LogP contribution is -2.25. The first-order valence-electron chi connectivity index (χ1n) is 9.03. The molecule has 3 aromatic carbocycles. The molecule has 1 heterocycles. The minimum Gasteiger partial charge on any atom is -0.457 e. The molecule has 4 rings (SSSR count). The van der Waals surface area contributed by atoms with E-state index >= 15 is 0 Å². The zero-order valence-corrected chi connectivity index (χ0v) is 15.9. The average Bonchev–Trinajstić information content (AvgIpc) is 2.73. The van der Waals surface area contributed by atoms with Gasteiger partial charge in [0.05, 0.1) is 17.7 Å². The van der Waals surface area contributed by atoms with Crippen molar-refractivity contribution in [3.05, 3.63) is 83.9 Å². The van der Waals surface area contributed by atoms with Crippen molar-refractivity contribution in [1.82, 2.24) is 0 Å². The largest absolute Gasteiger partial charge is 0.457 e. The Kier molecular flexibility index (Phi) is 5.31. The Morgan fingerprint density at radius 3 is 2.25 bits per heavy atom. The monoisotopic (exact) mass is 386 g/mol. The normalized spacial score (nSPS) is 12.2. The Morgan fingerprint density at radius 1 is 0.964 bits per heavy atom. The number of carbonyl (C=O) groups excluding carboxylic acids is 1. The molecule has 0 aromatic heterocycles. The van der Waals surface area contributed by atoms with Gasteiger partial charge in [0.2, 0.25) is 5.91 Å². The molecule has 0 atom stereocenters. The Labute approximate surface area is 168 Å². The highest BCUT2D eigenvalue weighted by atomic mass is 32.2. The predicted molar refractivity (Wildman–Crippen MR) is 111 cm³/mol. The maximum absolute atomic E-state index is 13.3. The number of nitriles is 1. The van der Waals surface area contributed by atoms with Crippen molar-refractivity contribution in [1.29, 1.82) is 5.26 Å². The molecule has 0 saturated heterocycles. The number of fused-ring (bicyclic) bond motifs is 2. The summed E-state index contributed by atoms with van der Waals surface area (Å²) < 4.78 is 5.98. The SMILES string of the molecule is N#CCCSc1ccccc1NC(=O)C1c2ccccc2Oc2ccccc21. The van der Waals surface area contributed by atoms with E-state index in [1.54, 1.807) is 11.8 Å². The van der Waals surface area contributed by atoms with Gasteiger partial charge in [-0.1, -0.05) is 48.5 Å². The zero-order chi connectivity index (χ0) is 19.3. The summed E-state index contributed by atoms with van der Waals surface area (Å²) in [6, 6.07) is 25.1. The van der Waals surface area contributed by atoms with E-state index in [-0.39, 0.29) is 5.91 Å². The number of thioether (sulfide) groups is 1. The van der Waals surface area contributed by atoms with Crippen LogP contribution in [0, 0.1) is 11.3 Å². The molecule has 1 aliphatic heterocycles. The van der Waals surface area contributed by atoms with Crippen LogP contribution in [0.25, 0.3) is 0 Å². The minimum atomic E-state index is -0.446. The number of benzene rings is 3. The molecule has 1 amide bonds. The first-order chi connectivity index (χ1) is 13.8. The van der Waals surface area contributed by atoms with Crippen LogP contribution in [0.4, 0.5) is 5.69 Å². The van der Waals surface area contributed by atoms with Crippen LogP contribution in [0.3, 0.4) is 0 Å². The molecular weight excluding hydrogens is 368 g/mol. The van der Waals surface area contributed by atoms with E-state index in [0.717, 1.165) is 21.7 Å². The van der Waals surface area contributed by atoms with Gasteiger partial charge < -0.3 is 10.1 Å². The molecule has 5 heteroatoms. The summed E-state index contributed by atoms with van der Waals surface area (Å²) in [5.74, 6) is 1.55. The number of anilines is 1. The zero-order valence-electron chi connectivity index (χ0n) is 15.1. The van der Waals surface area contributed by atoms with Crippen molar-refractivity contribution in [2.24, 2.45) is 0 Å². The Morgan fingerprint density at radius 2 is 1.57 bits per heavy atom. The molecule has 4 nitrogen and oxygen atoms in total. The maximum atomic E-state index is 13.3. The van der Waals surface area contributed by atoms with Gasteiger partial charge in [-0.15, -0.1) is 11.8 Å². The number of nitrogens with zero attached hydrogens (tertiary/aromatic N) is 1. The number of para-hydroxylation sites is 3. The van der Waals surface area contributed by atoms with Crippen LogP contribution < -0.4 is 10.1 Å². The molecule has 0 saturated carbocycles. The molecule has 0 radical (unpaired) electrons. The van der Waals surface area contributed by atoms with Crippen LogP contribution >= 0.6 is 11.8 Å². The fourth-order valence-electron chi connectivity index (χ4n) is 3.30. The van der Waals surface area contributed by atoms with Crippen molar-refractivity contribution in [2.45, 2.75) is 17.2 Å². The Hall–Kier alpha value is -3.23. The molecule has 138 valence electrons. The third-order valence-corrected chi connectivity index (χ3v) is 5.63. The highest BCUT2D eigenvalue weighted by Gasteiger charge is 2.32. The number of nitrogens with one attached hydrogen (secondary N) is 1. The lowest BCUT2D eigenvalue weighted by atomic mass is 9.87. The summed E-state index contributed by atoms with van der Waals surface area (Å²) >= 11 is 1.57. The van der Waals surface area contributed by atoms with Crippen molar-refractivity contribution < 1.29 is 9.53 Å². The average molecular weight is 386 g/mol. The quantitative estimate of drug-likeness (QED) is 0.460. The highest BCUT2D eigenvalue weighted by Crippen LogP contribution is 2.44. The van der Waals surface area contributed by atoms with E-state index in [4.69, 9.17) is 10.00 Å². The van der Waals surface area contributed by atoms with E-state index in [2.05, 4.69) is 11.4 Å². The molecule has 0 fully saturated rings. The third-order valence-electron chi connectivity index (χ3n) is 4.56. The van der Waals surface area contributed by atoms with Crippen molar-refractivity contribution in [2.75, 3.05) is 11.1 Å². The van der Waals surface area contributed by atoms with Crippen molar-refractivity contribution in [3.8, 4) is 17.6 Å². The summed E-state index contributed by atoms with van der Waals surface area (Å²) in [6.45, 7) is 0. The van der Waals surface area contributed by atoms with Crippen LogP contribution in [0.5, 0.6) is 11.5 Å². The van der Waals surface area contributed by atoms with E-state index in [1.807, 2.05) is 72.8 Å². The topological polar surface area (TPSA) is 62.1 Å². The molecule has 1 N–H and O–H groups in total. The number of hydrogen-bond donors (Lipinski definition) is 1. The van der Waals surface area contributed by atoms with Gasteiger partial charge in [0.15, 0.2) is 0 Å². The van der Waals surface area contributed by atoms with Crippen LogP contribution in [0.15, 0.2) is 77.7 Å². The van der Waals surface area contributed by atoms with Gasteiger partial charge in [0, 0.05) is 28.2 Å². The number of hydrogen-bond acceptors (Lipinski definition) is 4. The Balaban J connectivity index is 1.66. The second kappa shape index (κ2) is 8.20. The van der Waals surface area contributed by atoms with Gasteiger partial charge in [-0.2, -0.15) is 5.26 Å². The lowest BCUT2D eigenvalue weighted by Gasteiger charge is -2.27. The van der Waals surface area contributed by atoms with Crippen LogP contribution in [0.1, 0.15) is 23.5 Å². The fraction of sp³-hybridized carbons (Fsp3) is 0.130. The fourth-order valence-corrected chi connectivity index (χ4v) is 4.16. The van der Waals surface area contributed by atoms with Crippen LogP contribution in [-0.2, 0) is 4.79 Å². The molecule has 0 spiro atoms. The van der Waals surface area contributed by atoms with Gasteiger partial charge in [-0.3, -0.25) is 4.79 Å². The molecule has 1 aliphatic rings. The van der Waals surface area contributed by atoms with Gasteiger partial charge in [-0.25, -0.2) is 0 Å². The third kappa shape index (κ3) is 3.60. The van der Waals surface area contributed by atoms with Crippen LogP contribution in [-0.4, -0.2) is 11.7 Å². The van der Waals surface area contributed by atoms with E-state index in [1.165, 1.54) is 0 Å². The summed E-state index contributed by atoms with van der Waals surface area (Å²) in [6.07, 6.45) is 0.466. The highest BCUT2D eigenvalue weighted by molar-refractivity contribution is 7.99. The summed E-state index contributed by atoms with van der Waals surface area (Å²) in [5, 5.41) is 11.9. The number of carbonyl (C=O) groups is 1. The predicted octanol–water partition coefficient (Wildman–Crippen LogP) is 5.57. The van der Waals surface area contributed by atoms with Gasteiger partial charge in [0.1, 0.15) is 11.5 Å². The minimum absolute atomic E-state index is 0.100. The summed E-state index contributed by atoms with van der Waals surface area (Å²) in [7, 11) is 0. The first kappa shape index (κ1) is 18.1.